The Bertz CT molecular complexity index is 814. The second-order valence-electron chi connectivity index (χ2n) is 7.23. The van der Waals surface area contributed by atoms with Crippen LogP contribution < -0.4 is 0 Å². The molecule has 1 aliphatic heterocycles. The molecule has 8 heteroatoms. The Morgan fingerprint density at radius 3 is 2.35 bits per heavy atom. The van der Waals surface area contributed by atoms with E-state index in [2.05, 4.69) is 31.0 Å². The summed E-state index contributed by atoms with van der Waals surface area (Å²) in [7, 11) is -3.11. The van der Waals surface area contributed by atoms with Crippen LogP contribution in [0.2, 0.25) is 0 Å². The van der Waals surface area contributed by atoms with Gasteiger partial charge in [-0.15, -0.1) is 10.2 Å². The van der Waals surface area contributed by atoms with Crippen LogP contribution in [0.1, 0.15) is 51.0 Å². The molecule has 2 aromatic heterocycles. The molecule has 0 N–H and O–H groups in total. The molecule has 0 aliphatic carbocycles. The molecule has 0 unspecified atom stereocenters. The van der Waals surface area contributed by atoms with Crippen LogP contribution in [-0.2, 0) is 15.4 Å². The van der Waals surface area contributed by atoms with Crippen LogP contribution in [0.4, 0.5) is 0 Å². The fourth-order valence-corrected chi connectivity index (χ4v) is 3.78. The Morgan fingerprint density at radius 2 is 1.78 bits per heavy atom. The van der Waals surface area contributed by atoms with Gasteiger partial charge in [-0.1, -0.05) is 20.8 Å². The summed E-state index contributed by atoms with van der Waals surface area (Å²) in [5, 5.41) is 13.2. The van der Waals surface area contributed by atoms with E-state index in [0.717, 1.165) is 30.0 Å². The molecule has 0 atom stereocenters. The third kappa shape index (κ3) is 3.23. The number of nitrogens with zero attached hydrogens (tertiary/aromatic N) is 5. The van der Waals surface area contributed by atoms with E-state index in [0.29, 0.717) is 13.1 Å². The maximum absolute atomic E-state index is 11.6. The van der Waals surface area contributed by atoms with E-state index >= 15 is 0 Å². The third-order valence-corrected chi connectivity index (χ3v) is 5.65. The molecule has 23 heavy (non-hydrogen) atoms. The lowest BCUT2D eigenvalue weighted by Gasteiger charge is -2.29. The zero-order valence-electron chi connectivity index (χ0n) is 14.0. The molecule has 0 bridgehead atoms. The van der Waals surface area contributed by atoms with E-state index in [1.807, 2.05) is 16.6 Å². The van der Waals surface area contributed by atoms with Crippen molar-refractivity contribution in [3.63, 3.8) is 0 Å². The fraction of sp³-hybridized carbons (Fsp3) is 0.667. The van der Waals surface area contributed by atoms with Crippen LogP contribution in [0.25, 0.3) is 5.65 Å². The van der Waals surface area contributed by atoms with Gasteiger partial charge in [0, 0.05) is 24.4 Å². The van der Waals surface area contributed by atoms with E-state index in [1.54, 1.807) is 0 Å². The lowest BCUT2D eigenvalue weighted by Crippen LogP contribution is -2.37. The van der Waals surface area contributed by atoms with Gasteiger partial charge < -0.3 is 0 Å². The Hall–Kier alpha value is -1.54. The first-order valence-corrected chi connectivity index (χ1v) is 9.69. The Morgan fingerprint density at radius 1 is 1.13 bits per heavy atom. The lowest BCUT2D eigenvalue weighted by atomic mass is 9.92. The zero-order chi connectivity index (χ0) is 16.8. The standard InChI is InChI=1S/C15H23N5O2S/c1-15(2,3)12-5-6-13-16-17-14(20(13)18-12)11-7-9-19(10-8-11)23(4,21)22/h5-6,11H,7-10H2,1-4H3. The molecule has 0 saturated carbocycles. The molecule has 7 nitrogen and oxygen atoms in total. The minimum atomic E-state index is -3.11. The summed E-state index contributed by atoms with van der Waals surface area (Å²) < 4.78 is 26.6. The molecule has 0 spiro atoms. The smallest absolute Gasteiger partial charge is 0.211 e. The van der Waals surface area contributed by atoms with Crippen molar-refractivity contribution in [3.8, 4) is 0 Å². The van der Waals surface area contributed by atoms with Gasteiger partial charge in [0.1, 0.15) is 0 Å². The molecular weight excluding hydrogens is 314 g/mol. The number of hydrogen-bond donors (Lipinski definition) is 0. The van der Waals surface area contributed by atoms with Gasteiger partial charge in [-0.3, -0.25) is 0 Å². The topological polar surface area (TPSA) is 80.5 Å². The summed E-state index contributed by atoms with van der Waals surface area (Å²) in [6.07, 6.45) is 2.75. The van der Waals surface area contributed by atoms with Crippen molar-refractivity contribution in [1.29, 1.82) is 0 Å². The zero-order valence-corrected chi connectivity index (χ0v) is 14.8. The first-order chi connectivity index (χ1) is 10.7. The first-order valence-electron chi connectivity index (χ1n) is 7.84. The van der Waals surface area contributed by atoms with Crippen LogP contribution in [-0.4, -0.2) is 51.9 Å². The summed E-state index contributed by atoms with van der Waals surface area (Å²) in [6, 6.07) is 3.93. The van der Waals surface area contributed by atoms with Crippen LogP contribution in [0, 0.1) is 0 Å². The monoisotopic (exact) mass is 337 g/mol. The summed E-state index contributed by atoms with van der Waals surface area (Å²) >= 11 is 0. The second kappa shape index (κ2) is 5.52. The van der Waals surface area contributed by atoms with Gasteiger partial charge in [-0.25, -0.2) is 12.7 Å². The van der Waals surface area contributed by atoms with Crippen LogP contribution in [0.15, 0.2) is 12.1 Å². The molecule has 3 rings (SSSR count). The van der Waals surface area contributed by atoms with Gasteiger partial charge in [0.2, 0.25) is 10.0 Å². The minimum absolute atomic E-state index is 0.0462. The lowest BCUT2D eigenvalue weighted by molar-refractivity contribution is 0.313. The molecule has 126 valence electrons. The predicted molar refractivity (Wildman–Crippen MR) is 87.9 cm³/mol. The maximum Gasteiger partial charge on any atom is 0.211 e. The van der Waals surface area contributed by atoms with Gasteiger partial charge >= 0.3 is 0 Å². The SMILES string of the molecule is CC(C)(C)c1ccc2nnc(C3CCN(S(C)(=O)=O)CC3)n2n1. The number of rotatable bonds is 2. The van der Waals surface area contributed by atoms with Crippen molar-refractivity contribution in [2.75, 3.05) is 19.3 Å². The molecule has 1 aliphatic rings. The maximum atomic E-state index is 11.6. The van der Waals surface area contributed by atoms with Crippen molar-refractivity contribution in [1.82, 2.24) is 24.1 Å². The predicted octanol–water partition coefficient (Wildman–Crippen LogP) is 1.56. The van der Waals surface area contributed by atoms with E-state index in [4.69, 9.17) is 5.10 Å². The summed E-state index contributed by atoms with van der Waals surface area (Å²) in [5.74, 6) is 1.02. The van der Waals surface area contributed by atoms with Gasteiger partial charge in [0.25, 0.3) is 0 Å². The highest BCUT2D eigenvalue weighted by atomic mass is 32.2. The Kier molecular flexibility index (Phi) is 3.92. The van der Waals surface area contributed by atoms with Crippen LogP contribution in [0.3, 0.4) is 0 Å². The number of fused-ring (bicyclic) bond motifs is 1. The van der Waals surface area contributed by atoms with E-state index in [-0.39, 0.29) is 11.3 Å². The molecule has 0 aromatic carbocycles. The van der Waals surface area contributed by atoms with Gasteiger partial charge in [-0.2, -0.15) is 9.61 Å². The number of piperidine rings is 1. The van der Waals surface area contributed by atoms with Gasteiger partial charge in [0.05, 0.1) is 11.9 Å². The molecule has 0 radical (unpaired) electrons. The molecule has 1 fully saturated rings. The highest BCUT2D eigenvalue weighted by molar-refractivity contribution is 7.88. The largest absolute Gasteiger partial charge is 0.213 e. The molecular formula is C15H23N5O2S. The first kappa shape index (κ1) is 16.3. The van der Waals surface area contributed by atoms with E-state index in [9.17, 15) is 8.42 Å². The van der Waals surface area contributed by atoms with E-state index < -0.39 is 10.0 Å². The van der Waals surface area contributed by atoms with Crippen molar-refractivity contribution >= 4 is 15.7 Å². The molecule has 1 saturated heterocycles. The number of aromatic nitrogens is 4. The summed E-state index contributed by atoms with van der Waals surface area (Å²) in [6.45, 7) is 7.41. The van der Waals surface area contributed by atoms with Gasteiger partial charge in [-0.05, 0) is 25.0 Å². The van der Waals surface area contributed by atoms with Crippen molar-refractivity contribution in [2.45, 2.75) is 44.9 Å². The summed E-state index contributed by atoms with van der Waals surface area (Å²) in [5.41, 5.74) is 1.67. The number of hydrogen-bond acceptors (Lipinski definition) is 5. The highest BCUT2D eigenvalue weighted by Crippen LogP contribution is 2.28. The minimum Gasteiger partial charge on any atom is -0.213 e. The van der Waals surface area contributed by atoms with Crippen molar-refractivity contribution in [2.24, 2.45) is 0 Å². The van der Waals surface area contributed by atoms with Crippen LogP contribution in [0.5, 0.6) is 0 Å². The number of sulfonamides is 1. The quantitative estimate of drug-likeness (QED) is 0.831. The highest BCUT2D eigenvalue weighted by Gasteiger charge is 2.29. The van der Waals surface area contributed by atoms with E-state index in [1.165, 1.54) is 10.6 Å². The second-order valence-corrected chi connectivity index (χ2v) is 9.22. The average molecular weight is 337 g/mol. The Balaban J connectivity index is 1.89. The van der Waals surface area contributed by atoms with Crippen molar-refractivity contribution < 1.29 is 8.42 Å². The van der Waals surface area contributed by atoms with Crippen molar-refractivity contribution in [3.05, 3.63) is 23.7 Å². The molecule has 0 amide bonds. The third-order valence-electron chi connectivity index (χ3n) is 4.34. The molecule has 3 heterocycles. The average Bonchev–Trinajstić information content (AvgIpc) is 2.88. The van der Waals surface area contributed by atoms with Gasteiger partial charge in [0.15, 0.2) is 11.5 Å². The fourth-order valence-electron chi connectivity index (χ4n) is 2.91. The summed E-state index contributed by atoms with van der Waals surface area (Å²) in [4.78, 5) is 0. The molecule has 2 aromatic rings. The Labute approximate surface area is 136 Å². The normalized spacial score (nSPS) is 18.6. The van der Waals surface area contributed by atoms with Crippen LogP contribution >= 0.6 is 0 Å².